The predicted molar refractivity (Wildman–Crippen MR) is 85.4 cm³/mol. The molecule has 23 heavy (non-hydrogen) atoms. The lowest BCUT2D eigenvalue weighted by Crippen LogP contribution is -2.40. The van der Waals surface area contributed by atoms with E-state index in [0.717, 1.165) is 12.0 Å². The van der Waals surface area contributed by atoms with Gasteiger partial charge in [-0.25, -0.2) is 0 Å². The number of benzene rings is 1. The molecule has 0 saturated carbocycles. The minimum absolute atomic E-state index is 0.0588. The van der Waals surface area contributed by atoms with Crippen molar-refractivity contribution in [1.29, 1.82) is 0 Å². The molecule has 1 aliphatic heterocycles. The second kappa shape index (κ2) is 7.09. The van der Waals surface area contributed by atoms with Crippen LogP contribution in [-0.4, -0.2) is 39.6 Å². The van der Waals surface area contributed by atoms with Gasteiger partial charge < -0.3 is 10.2 Å². The largest absolute Gasteiger partial charge is 0.346 e. The zero-order valence-corrected chi connectivity index (χ0v) is 12.9. The number of hydrogen-bond donors (Lipinski definition) is 1. The Bertz CT molecular complexity index is 654. The van der Waals surface area contributed by atoms with E-state index in [1.54, 1.807) is 15.8 Å². The fourth-order valence-electron chi connectivity index (χ4n) is 2.80. The molecule has 0 spiro atoms. The van der Waals surface area contributed by atoms with Gasteiger partial charge in [0.05, 0.1) is 19.1 Å². The van der Waals surface area contributed by atoms with E-state index in [0.29, 0.717) is 19.5 Å². The van der Waals surface area contributed by atoms with Crippen LogP contribution in [0.3, 0.4) is 0 Å². The lowest BCUT2D eigenvalue weighted by atomic mass is 10.1. The summed E-state index contributed by atoms with van der Waals surface area (Å²) in [6.45, 7) is 1.35. The highest BCUT2D eigenvalue weighted by atomic mass is 16.2. The zero-order valence-electron chi connectivity index (χ0n) is 12.9. The van der Waals surface area contributed by atoms with Crippen LogP contribution in [0.25, 0.3) is 0 Å². The summed E-state index contributed by atoms with van der Waals surface area (Å²) in [5.41, 5.74) is 1.02. The van der Waals surface area contributed by atoms with Crippen molar-refractivity contribution in [2.24, 2.45) is 0 Å². The van der Waals surface area contributed by atoms with Gasteiger partial charge in [0.1, 0.15) is 0 Å². The van der Waals surface area contributed by atoms with Gasteiger partial charge in [-0.15, -0.1) is 0 Å². The Morgan fingerprint density at radius 1 is 1.26 bits per heavy atom. The highest BCUT2D eigenvalue weighted by molar-refractivity contribution is 5.86. The van der Waals surface area contributed by atoms with Crippen LogP contribution in [-0.2, 0) is 16.1 Å². The van der Waals surface area contributed by atoms with Crippen LogP contribution < -0.4 is 5.32 Å². The van der Waals surface area contributed by atoms with Crippen molar-refractivity contribution in [2.75, 3.05) is 13.1 Å². The maximum atomic E-state index is 12.3. The van der Waals surface area contributed by atoms with E-state index in [1.807, 2.05) is 42.6 Å². The van der Waals surface area contributed by atoms with Crippen molar-refractivity contribution in [3.63, 3.8) is 0 Å². The number of nitrogens with one attached hydrogen (secondary N) is 1. The molecule has 0 radical (unpaired) electrons. The summed E-state index contributed by atoms with van der Waals surface area (Å²) in [6.07, 6.45) is 4.96. The van der Waals surface area contributed by atoms with E-state index in [1.165, 1.54) is 0 Å². The molecule has 1 saturated heterocycles. The topological polar surface area (TPSA) is 67.2 Å². The molecular formula is C17H20N4O2. The zero-order chi connectivity index (χ0) is 16.1. The van der Waals surface area contributed by atoms with E-state index < -0.39 is 0 Å². The van der Waals surface area contributed by atoms with Crippen LogP contribution in [0.2, 0.25) is 0 Å². The first kappa shape index (κ1) is 15.3. The number of hydrogen-bond acceptors (Lipinski definition) is 3. The van der Waals surface area contributed by atoms with Gasteiger partial charge in [0.25, 0.3) is 0 Å². The van der Waals surface area contributed by atoms with E-state index in [-0.39, 0.29) is 24.4 Å². The number of carbonyl (C=O) groups is 2. The molecule has 0 unspecified atom stereocenters. The number of amides is 2. The predicted octanol–water partition coefficient (Wildman–Crippen LogP) is 1.36. The average molecular weight is 312 g/mol. The third kappa shape index (κ3) is 3.97. The summed E-state index contributed by atoms with van der Waals surface area (Å²) in [4.78, 5) is 25.6. The molecule has 1 aliphatic rings. The van der Waals surface area contributed by atoms with Crippen LogP contribution >= 0.6 is 0 Å². The molecule has 6 heteroatoms. The molecule has 1 atom stereocenters. The third-order valence-corrected chi connectivity index (χ3v) is 3.97. The van der Waals surface area contributed by atoms with Gasteiger partial charge in [-0.05, 0) is 18.1 Å². The monoisotopic (exact) mass is 312 g/mol. The summed E-state index contributed by atoms with van der Waals surface area (Å²) in [6, 6.07) is 11.5. The molecule has 1 aromatic carbocycles. The van der Waals surface area contributed by atoms with Crippen molar-refractivity contribution in [1.82, 2.24) is 20.0 Å². The molecule has 3 rings (SSSR count). The maximum absolute atomic E-state index is 12.3. The molecular weight excluding hydrogens is 292 g/mol. The van der Waals surface area contributed by atoms with Crippen LogP contribution in [0.15, 0.2) is 48.8 Å². The standard InChI is InChI=1S/C17H20N4O2/c22-16(13-20-10-4-8-17(20)23)19-15(12-21-11-5-9-18-21)14-6-2-1-3-7-14/h1-3,5-7,9,11,15H,4,8,10,12-13H2,(H,19,22)/t15-/m1/s1. The third-order valence-electron chi connectivity index (χ3n) is 3.97. The SMILES string of the molecule is O=C(CN1CCCC1=O)N[C@H](Cn1cccn1)c1ccccc1. The summed E-state index contributed by atoms with van der Waals surface area (Å²) in [5, 5.41) is 7.23. The van der Waals surface area contributed by atoms with Gasteiger partial charge in [0.15, 0.2) is 0 Å². The van der Waals surface area contributed by atoms with Crippen molar-refractivity contribution in [3.8, 4) is 0 Å². The van der Waals surface area contributed by atoms with E-state index >= 15 is 0 Å². The van der Waals surface area contributed by atoms with Crippen molar-refractivity contribution < 1.29 is 9.59 Å². The van der Waals surface area contributed by atoms with Gasteiger partial charge in [-0.2, -0.15) is 5.10 Å². The molecule has 6 nitrogen and oxygen atoms in total. The van der Waals surface area contributed by atoms with Gasteiger partial charge in [0, 0.05) is 25.4 Å². The second-order valence-electron chi connectivity index (χ2n) is 5.68. The van der Waals surface area contributed by atoms with Gasteiger partial charge in [-0.3, -0.25) is 14.3 Å². The van der Waals surface area contributed by atoms with E-state index in [9.17, 15) is 9.59 Å². The average Bonchev–Trinajstić information content (AvgIpc) is 3.20. The Morgan fingerprint density at radius 2 is 2.09 bits per heavy atom. The number of carbonyl (C=O) groups excluding carboxylic acids is 2. The van der Waals surface area contributed by atoms with Crippen molar-refractivity contribution in [3.05, 3.63) is 54.4 Å². The Labute approximate surface area is 135 Å². The first-order valence-corrected chi connectivity index (χ1v) is 7.82. The lowest BCUT2D eigenvalue weighted by Gasteiger charge is -2.21. The summed E-state index contributed by atoms with van der Waals surface area (Å²) < 4.78 is 1.79. The van der Waals surface area contributed by atoms with Crippen LogP contribution in [0.5, 0.6) is 0 Å². The first-order chi connectivity index (χ1) is 11.2. The maximum Gasteiger partial charge on any atom is 0.240 e. The Hall–Kier alpha value is -2.63. The molecule has 0 aliphatic carbocycles. The number of aromatic nitrogens is 2. The van der Waals surface area contributed by atoms with Crippen molar-refractivity contribution >= 4 is 11.8 Å². The normalized spacial score (nSPS) is 15.7. The molecule has 2 amide bonds. The lowest BCUT2D eigenvalue weighted by molar-refractivity contribution is -0.133. The van der Waals surface area contributed by atoms with Crippen LogP contribution in [0, 0.1) is 0 Å². The van der Waals surface area contributed by atoms with Crippen molar-refractivity contribution in [2.45, 2.75) is 25.4 Å². The molecule has 120 valence electrons. The summed E-state index contributed by atoms with van der Waals surface area (Å²) >= 11 is 0. The first-order valence-electron chi connectivity index (χ1n) is 7.82. The molecule has 0 bridgehead atoms. The molecule has 1 aromatic heterocycles. The quantitative estimate of drug-likeness (QED) is 0.876. The Kier molecular flexibility index (Phi) is 4.71. The minimum Gasteiger partial charge on any atom is -0.346 e. The van der Waals surface area contributed by atoms with Crippen LogP contribution in [0.4, 0.5) is 0 Å². The smallest absolute Gasteiger partial charge is 0.240 e. The Balaban J connectivity index is 1.68. The highest BCUT2D eigenvalue weighted by Gasteiger charge is 2.24. The summed E-state index contributed by atoms with van der Waals surface area (Å²) in [7, 11) is 0. The van der Waals surface area contributed by atoms with Crippen LogP contribution in [0.1, 0.15) is 24.4 Å². The van der Waals surface area contributed by atoms with E-state index in [4.69, 9.17) is 0 Å². The molecule has 2 heterocycles. The van der Waals surface area contributed by atoms with Gasteiger partial charge in [0.2, 0.25) is 11.8 Å². The number of likely N-dealkylation sites (tertiary alicyclic amines) is 1. The summed E-state index contributed by atoms with van der Waals surface area (Å²) in [5.74, 6) is -0.0789. The molecule has 2 aromatic rings. The second-order valence-corrected chi connectivity index (χ2v) is 5.68. The molecule has 1 N–H and O–H groups in total. The minimum atomic E-state index is -0.179. The highest BCUT2D eigenvalue weighted by Crippen LogP contribution is 2.15. The Morgan fingerprint density at radius 3 is 2.74 bits per heavy atom. The number of nitrogens with zero attached hydrogens (tertiary/aromatic N) is 3. The van der Waals surface area contributed by atoms with Gasteiger partial charge >= 0.3 is 0 Å². The van der Waals surface area contributed by atoms with E-state index in [2.05, 4.69) is 10.4 Å². The van der Waals surface area contributed by atoms with Gasteiger partial charge in [-0.1, -0.05) is 30.3 Å². The number of rotatable bonds is 6. The fraction of sp³-hybridized carbons (Fsp3) is 0.353. The molecule has 1 fully saturated rings. The fourth-order valence-corrected chi connectivity index (χ4v) is 2.80.